The summed E-state index contributed by atoms with van der Waals surface area (Å²) in [6, 6.07) is 15.1. The van der Waals surface area contributed by atoms with Crippen molar-refractivity contribution in [2.45, 2.75) is 32.9 Å². The van der Waals surface area contributed by atoms with Crippen LogP contribution in [0.5, 0.6) is 0 Å². The standard InChI is InChI=1S/C21H24N2O3/c1-2-26-15-18-7-4-3-6-17(18)14-22-21(25)16-9-11-19(12-10-16)23-13-5-8-20(23)24/h3-4,6-7,9-12H,2,5,8,13-15H2,1H3,(H,22,25). The van der Waals surface area contributed by atoms with E-state index < -0.39 is 0 Å². The Morgan fingerprint density at radius 2 is 1.85 bits per heavy atom. The lowest BCUT2D eigenvalue weighted by Crippen LogP contribution is -2.25. The largest absolute Gasteiger partial charge is 0.377 e. The van der Waals surface area contributed by atoms with E-state index in [-0.39, 0.29) is 11.8 Å². The van der Waals surface area contributed by atoms with Crippen LogP contribution >= 0.6 is 0 Å². The van der Waals surface area contributed by atoms with Gasteiger partial charge in [-0.05, 0) is 48.7 Å². The number of hydrogen-bond donors (Lipinski definition) is 1. The molecule has 0 spiro atoms. The van der Waals surface area contributed by atoms with Crippen molar-refractivity contribution in [2.75, 3.05) is 18.1 Å². The molecule has 0 unspecified atom stereocenters. The predicted molar refractivity (Wildman–Crippen MR) is 101 cm³/mol. The number of hydrogen-bond acceptors (Lipinski definition) is 3. The van der Waals surface area contributed by atoms with Gasteiger partial charge in [0.1, 0.15) is 0 Å². The third-order valence-electron chi connectivity index (χ3n) is 4.53. The highest BCUT2D eigenvalue weighted by atomic mass is 16.5. The molecule has 26 heavy (non-hydrogen) atoms. The monoisotopic (exact) mass is 352 g/mol. The molecule has 3 rings (SSSR count). The molecular formula is C21H24N2O3. The van der Waals surface area contributed by atoms with Crippen molar-refractivity contribution in [3.8, 4) is 0 Å². The van der Waals surface area contributed by atoms with E-state index in [0.29, 0.717) is 31.7 Å². The quantitative estimate of drug-likeness (QED) is 0.832. The third-order valence-corrected chi connectivity index (χ3v) is 4.53. The molecule has 1 aliphatic rings. The maximum absolute atomic E-state index is 12.4. The first-order chi connectivity index (χ1) is 12.7. The molecule has 1 N–H and O–H groups in total. The van der Waals surface area contributed by atoms with Gasteiger partial charge in [0.05, 0.1) is 6.61 Å². The van der Waals surface area contributed by atoms with Crippen molar-refractivity contribution in [2.24, 2.45) is 0 Å². The molecule has 1 heterocycles. The first kappa shape index (κ1) is 18.1. The molecule has 0 aliphatic carbocycles. The van der Waals surface area contributed by atoms with Crippen molar-refractivity contribution >= 4 is 17.5 Å². The molecule has 1 fully saturated rings. The molecule has 5 nitrogen and oxygen atoms in total. The van der Waals surface area contributed by atoms with E-state index in [1.165, 1.54) is 0 Å². The Balaban J connectivity index is 1.61. The van der Waals surface area contributed by atoms with E-state index >= 15 is 0 Å². The summed E-state index contributed by atoms with van der Waals surface area (Å²) in [5, 5.41) is 2.95. The molecule has 2 amide bonds. The number of benzene rings is 2. The molecule has 2 aromatic rings. The smallest absolute Gasteiger partial charge is 0.251 e. The summed E-state index contributed by atoms with van der Waals surface area (Å²) >= 11 is 0. The highest BCUT2D eigenvalue weighted by Crippen LogP contribution is 2.21. The van der Waals surface area contributed by atoms with Crippen molar-refractivity contribution < 1.29 is 14.3 Å². The Labute approximate surface area is 154 Å². The van der Waals surface area contributed by atoms with E-state index in [0.717, 1.165) is 29.8 Å². The summed E-state index contributed by atoms with van der Waals surface area (Å²) in [5.41, 5.74) is 3.57. The molecule has 2 aromatic carbocycles. The van der Waals surface area contributed by atoms with Crippen LogP contribution in [-0.4, -0.2) is 25.0 Å². The molecule has 0 aromatic heterocycles. The van der Waals surface area contributed by atoms with Crippen molar-refractivity contribution in [3.05, 3.63) is 65.2 Å². The van der Waals surface area contributed by atoms with Gasteiger partial charge in [-0.3, -0.25) is 9.59 Å². The van der Waals surface area contributed by atoms with Crippen LogP contribution in [0.1, 0.15) is 41.3 Å². The van der Waals surface area contributed by atoms with Crippen LogP contribution in [0, 0.1) is 0 Å². The Hall–Kier alpha value is -2.66. The van der Waals surface area contributed by atoms with Crippen molar-refractivity contribution in [3.63, 3.8) is 0 Å². The van der Waals surface area contributed by atoms with E-state index in [1.54, 1.807) is 17.0 Å². The number of nitrogens with zero attached hydrogens (tertiary/aromatic N) is 1. The van der Waals surface area contributed by atoms with Gasteiger partial charge in [0.2, 0.25) is 5.91 Å². The third kappa shape index (κ3) is 4.29. The second-order valence-electron chi connectivity index (χ2n) is 6.28. The first-order valence-electron chi connectivity index (χ1n) is 9.02. The normalized spacial score (nSPS) is 13.9. The number of ether oxygens (including phenoxy) is 1. The van der Waals surface area contributed by atoms with Gasteiger partial charge in [0.15, 0.2) is 0 Å². The minimum absolute atomic E-state index is 0.129. The van der Waals surface area contributed by atoms with Gasteiger partial charge in [0.25, 0.3) is 5.91 Å². The van der Waals surface area contributed by atoms with Gasteiger partial charge >= 0.3 is 0 Å². The van der Waals surface area contributed by atoms with Gasteiger partial charge in [-0.15, -0.1) is 0 Å². The van der Waals surface area contributed by atoms with E-state index in [4.69, 9.17) is 4.74 Å². The maximum atomic E-state index is 12.4. The zero-order valence-corrected chi connectivity index (χ0v) is 15.0. The zero-order chi connectivity index (χ0) is 18.4. The van der Waals surface area contributed by atoms with Gasteiger partial charge < -0.3 is 15.0 Å². The molecular weight excluding hydrogens is 328 g/mol. The molecule has 136 valence electrons. The van der Waals surface area contributed by atoms with Crippen molar-refractivity contribution in [1.82, 2.24) is 5.32 Å². The first-order valence-corrected chi connectivity index (χ1v) is 9.02. The van der Waals surface area contributed by atoms with E-state index in [9.17, 15) is 9.59 Å². The van der Waals surface area contributed by atoms with Crippen LogP contribution in [0.15, 0.2) is 48.5 Å². The second-order valence-corrected chi connectivity index (χ2v) is 6.28. The lowest BCUT2D eigenvalue weighted by atomic mass is 10.1. The molecule has 0 bridgehead atoms. The number of rotatable bonds is 7. The average Bonchev–Trinajstić information content (AvgIpc) is 3.11. The summed E-state index contributed by atoms with van der Waals surface area (Å²) in [4.78, 5) is 26.0. The van der Waals surface area contributed by atoms with Crippen LogP contribution in [0.25, 0.3) is 0 Å². The highest BCUT2D eigenvalue weighted by molar-refractivity contribution is 5.97. The Kier molecular flexibility index (Phi) is 6.02. The van der Waals surface area contributed by atoms with E-state index in [2.05, 4.69) is 5.32 Å². The number of amides is 2. The fourth-order valence-electron chi connectivity index (χ4n) is 3.07. The SMILES string of the molecule is CCOCc1ccccc1CNC(=O)c1ccc(N2CCCC2=O)cc1. The van der Waals surface area contributed by atoms with Crippen LogP contribution in [0.4, 0.5) is 5.69 Å². The number of carbonyl (C=O) groups is 2. The average molecular weight is 352 g/mol. The topological polar surface area (TPSA) is 58.6 Å². The van der Waals surface area contributed by atoms with Crippen molar-refractivity contribution in [1.29, 1.82) is 0 Å². The van der Waals surface area contributed by atoms with Crippen LogP contribution < -0.4 is 10.2 Å². The van der Waals surface area contributed by atoms with Gasteiger partial charge in [-0.25, -0.2) is 0 Å². The number of carbonyl (C=O) groups excluding carboxylic acids is 2. The molecule has 1 saturated heterocycles. The van der Waals surface area contributed by atoms with Gasteiger partial charge in [0, 0.05) is 37.4 Å². The molecule has 1 aliphatic heterocycles. The fourth-order valence-corrected chi connectivity index (χ4v) is 3.07. The van der Waals surface area contributed by atoms with E-state index in [1.807, 2.05) is 43.3 Å². The Morgan fingerprint density at radius 1 is 1.12 bits per heavy atom. The van der Waals surface area contributed by atoms with Crippen LogP contribution in [0.2, 0.25) is 0 Å². The molecule has 5 heteroatoms. The Morgan fingerprint density at radius 3 is 2.50 bits per heavy atom. The van der Waals surface area contributed by atoms with Gasteiger partial charge in [-0.2, -0.15) is 0 Å². The lowest BCUT2D eigenvalue weighted by Gasteiger charge is -2.16. The fraction of sp³-hybridized carbons (Fsp3) is 0.333. The highest BCUT2D eigenvalue weighted by Gasteiger charge is 2.21. The molecule has 0 saturated carbocycles. The summed E-state index contributed by atoms with van der Waals surface area (Å²) in [6.45, 7) is 4.37. The maximum Gasteiger partial charge on any atom is 0.251 e. The number of nitrogens with one attached hydrogen (secondary N) is 1. The minimum Gasteiger partial charge on any atom is -0.377 e. The lowest BCUT2D eigenvalue weighted by molar-refractivity contribution is -0.117. The van der Waals surface area contributed by atoms with Crippen LogP contribution in [-0.2, 0) is 22.7 Å². The Bertz CT molecular complexity index is 771. The minimum atomic E-state index is -0.129. The molecule has 0 radical (unpaired) electrons. The summed E-state index contributed by atoms with van der Waals surface area (Å²) in [6.07, 6.45) is 1.49. The van der Waals surface area contributed by atoms with Crippen LogP contribution in [0.3, 0.4) is 0 Å². The summed E-state index contributed by atoms with van der Waals surface area (Å²) < 4.78 is 5.48. The zero-order valence-electron chi connectivity index (χ0n) is 15.0. The molecule has 0 atom stereocenters. The predicted octanol–water partition coefficient (Wildman–Crippen LogP) is 3.28. The second kappa shape index (κ2) is 8.63. The summed E-state index contributed by atoms with van der Waals surface area (Å²) in [5.74, 6) is 0.0172. The van der Waals surface area contributed by atoms with Gasteiger partial charge in [-0.1, -0.05) is 24.3 Å². The number of anilines is 1. The summed E-state index contributed by atoms with van der Waals surface area (Å²) in [7, 11) is 0.